The second kappa shape index (κ2) is 6.49. The molecule has 3 aromatic heterocycles. The maximum absolute atomic E-state index is 11.4. The van der Waals surface area contributed by atoms with Crippen molar-refractivity contribution in [3.8, 4) is 11.4 Å². The number of hydrogen-bond donors (Lipinski definition) is 2. The first-order valence-electron chi connectivity index (χ1n) is 8.87. The van der Waals surface area contributed by atoms with E-state index >= 15 is 0 Å². The minimum absolute atomic E-state index is 0.113. The Bertz CT molecular complexity index is 1020. The molecule has 0 bridgehead atoms. The second-order valence-corrected chi connectivity index (χ2v) is 6.95. The Hall–Kier alpha value is -3.23. The highest BCUT2D eigenvalue weighted by atomic mass is 16.4. The fourth-order valence-corrected chi connectivity index (χ4v) is 3.48. The molecular formula is C18H21N7O2. The quantitative estimate of drug-likeness (QED) is 0.718. The highest BCUT2D eigenvalue weighted by Crippen LogP contribution is 2.27. The highest BCUT2D eigenvalue weighted by Gasteiger charge is 2.31. The van der Waals surface area contributed by atoms with Crippen molar-refractivity contribution >= 4 is 23.4 Å². The number of carboxylic acid groups (broad SMARTS) is 1. The number of anilines is 2. The molecule has 9 nitrogen and oxygen atoms in total. The fourth-order valence-electron chi connectivity index (χ4n) is 3.48. The molecule has 1 saturated heterocycles. The summed E-state index contributed by atoms with van der Waals surface area (Å²) in [6.07, 6.45) is 5.12. The first-order chi connectivity index (χ1) is 12.9. The predicted molar refractivity (Wildman–Crippen MR) is 100 cm³/mol. The molecule has 0 saturated carbocycles. The number of carbonyl (C=O) groups is 1. The molecule has 9 heteroatoms. The monoisotopic (exact) mass is 367 g/mol. The summed E-state index contributed by atoms with van der Waals surface area (Å²) in [7, 11) is 0. The van der Waals surface area contributed by atoms with E-state index in [4.69, 9.17) is 5.73 Å². The van der Waals surface area contributed by atoms with Gasteiger partial charge in [-0.2, -0.15) is 15.0 Å². The van der Waals surface area contributed by atoms with Crippen molar-refractivity contribution in [1.29, 1.82) is 0 Å². The van der Waals surface area contributed by atoms with Crippen LogP contribution in [0.25, 0.3) is 16.9 Å². The maximum Gasteiger partial charge on any atom is 0.308 e. The van der Waals surface area contributed by atoms with E-state index in [1.54, 1.807) is 6.20 Å². The van der Waals surface area contributed by atoms with Gasteiger partial charge in [0.25, 0.3) is 0 Å². The zero-order valence-corrected chi connectivity index (χ0v) is 15.2. The van der Waals surface area contributed by atoms with Crippen LogP contribution in [0.2, 0.25) is 0 Å². The number of nitrogens with two attached hydrogens (primary N) is 1. The van der Waals surface area contributed by atoms with Gasteiger partial charge in [-0.15, -0.1) is 0 Å². The van der Waals surface area contributed by atoms with E-state index in [9.17, 15) is 9.90 Å². The summed E-state index contributed by atoms with van der Waals surface area (Å²) in [5.74, 6) is 0.614. The van der Waals surface area contributed by atoms with Crippen LogP contribution in [-0.2, 0) is 4.79 Å². The number of hydrogen-bond acceptors (Lipinski definition) is 7. The van der Waals surface area contributed by atoms with Gasteiger partial charge in [0.15, 0.2) is 5.82 Å². The molecule has 2 unspecified atom stereocenters. The lowest BCUT2D eigenvalue weighted by Crippen LogP contribution is -2.45. The number of fused-ring (bicyclic) bond motifs is 1. The number of aromatic nitrogens is 5. The van der Waals surface area contributed by atoms with Crippen LogP contribution in [0.15, 0.2) is 24.5 Å². The van der Waals surface area contributed by atoms with Crippen molar-refractivity contribution in [2.24, 2.45) is 5.92 Å². The molecule has 1 aliphatic heterocycles. The fraction of sp³-hybridized carbons (Fsp3) is 0.389. The molecule has 0 spiro atoms. The Morgan fingerprint density at radius 2 is 2.07 bits per heavy atom. The van der Waals surface area contributed by atoms with E-state index in [0.717, 1.165) is 23.3 Å². The zero-order valence-electron chi connectivity index (χ0n) is 15.2. The number of imidazole rings is 1. The number of nitrogen functional groups attached to an aromatic ring is 1. The number of aryl methyl sites for hydroxylation is 1. The van der Waals surface area contributed by atoms with E-state index in [-0.39, 0.29) is 12.0 Å². The van der Waals surface area contributed by atoms with Gasteiger partial charge in [0.05, 0.1) is 17.6 Å². The minimum atomic E-state index is -0.796. The SMILES string of the molecule is Cc1ncc2ccc(-c3nc(N)nc(N4CC(C(=O)O)CCC4C)n3)cn12. The number of aliphatic carboxylic acids is 1. The molecule has 0 radical (unpaired) electrons. The molecule has 3 aromatic rings. The van der Waals surface area contributed by atoms with Gasteiger partial charge < -0.3 is 20.1 Å². The van der Waals surface area contributed by atoms with Crippen LogP contribution in [0.3, 0.4) is 0 Å². The van der Waals surface area contributed by atoms with E-state index in [0.29, 0.717) is 24.7 Å². The van der Waals surface area contributed by atoms with Crippen LogP contribution in [0.1, 0.15) is 25.6 Å². The maximum atomic E-state index is 11.4. The van der Waals surface area contributed by atoms with Gasteiger partial charge >= 0.3 is 5.97 Å². The third-order valence-corrected chi connectivity index (χ3v) is 5.10. The Labute approximate surface area is 155 Å². The lowest BCUT2D eigenvalue weighted by molar-refractivity contribution is -0.142. The van der Waals surface area contributed by atoms with Crippen LogP contribution in [0.5, 0.6) is 0 Å². The summed E-state index contributed by atoms with van der Waals surface area (Å²) in [6, 6.07) is 3.99. The van der Waals surface area contributed by atoms with Crippen molar-refractivity contribution in [2.45, 2.75) is 32.7 Å². The first kappa shape index (κ1) is 17.2. The van der Waals surface area contributed by atoms with Crippen LogP contribution >= 0.6 is 0 Å². The average molecular weight is 367 g/mol. The van der Waals surface area contributed by atoms with Crippen molar-refractivity contribution in [3.05, 3.63) is 30.4 Å². The van der Waals surface area contributed by atoms with E-state index in [1.807, 2.05) is 41.5 Å². The van der Waals surface area contributed by atoms with Gasteiger partial charge in [0, 0.05) is 24.3 Å². The second-order valence-electron chi connectivity index (χ2n) is 6.95. The zero-order chi connectivity index (χ0) is 19.1. The van der Waals surface area contributed by atoms with E-state index < -0.39 is 11.9 Å². The number of rotatable bonds is 3. The molecule has 0 aliphatic carbocycles. The molecule has 2 atom stereocenters. The Balaban J connectivity index is 1.74. The molecule has 3 N–H and O–H groups in total. The molecule has 4 heterocycles. The van der Waals surface area contributed by atoms with Gasteiger partial charge in [-0.25, -0.2) is 4.98 Å². The van der Waals surface area contributed by atoms with Crippen LogP contribution in [0.4, 0.5) is 11.9 Å². The minimum Gasteiger partial charge on any atom is -0.481 e. The topological polar surface area (TPSA) is 123 Å². The number of carboxylic acids is 1. The summed E-state index contributed by atoms with van der Waals surface area (Å²) in [6.45, 7) is 4.32. The van der Waals surface area contributed by atoms with Crippen LogP contribution in [-0.4, -0.2) is 48.0 Å². The summed E-state index contributed by atoms with van der Waals surface area (Å²) >= 11 is 0. The largest absolute Gasteiger partial charge is 0.481 e. The molecular weight excluding hydrogens is 346 g/mol. The van der Waals surface area contributed by atoms with Gasteiger partial charge in [0.2, 0.25) is 11.9 Å². The lowest BCUT2D eigenvalue weighted by Gasteiger charge is -2.36. The van der Waals surface area contributed by atoms with Crippen molar-refractivity contribution < 1.29 is 9.90 Å². The van der Waals surface area contributed by atoms with Gasteiger partial charge in [-0.05, 0) is 38.8 Å². The highest BCUT2D eigenvalue weighted by molar-refractivity contribution is 5.71. The molecule has 1 fully saturated rings. The smallest absolute Gasteiger partial charge is 0.308 e. The molecule has 0 aromatic carbocycles. The molecule has 140 valence electrons. The Kier molecular flexibility index (Phi) is 4.14. The molecule has 0 amide bonds. The van der Waals surface area contributed by atoms with Crippen LogP contribution < -0.4 is 10.6 Å². The van der Waals surface area contributed by atoms with Crippen molar-refractivity contribution in [1.82, 2.24) is 24.3 Å². The third-order valence-electron chi connectivity index (χ3n) is 5.10. The molecule has 1 aliphatic rings. The van der Waals surface area contributed by atoms with Crippen molar-refractivity contribution in [2.75, 3.05) is 17.2 Å². The molecule has 4 rings (SSSR count). The first-order valence-corrected chi connectivity index (χ1v) is 8.87. The van der Waals surface area contributed by atoms with E-state index in [2.05, 4.69) is 19.9 Å². The summed E-state index contributed by atoms with van der Waals surface area (Å²) < 4.78 is 1.96. The normalized spacial score (nSPS) is 20.1. The molecule has 27 heavy (non-hydrogen) atoms. The summed E-state index contributed by atoms with van der Waals surface area (Å²) in [5.41, 5.74) is 7.71. The predicted octanol–water partition coefficient (Wildman–Crippen LogP) is 1.77. The van der Waals surface area contributed by atoms with Crippen molar-refractivity contribution in [3.63, 3.8) is 0 Å². The number of piperidine rings is 1. The van der Waals surface area contributed by atoms with Crippen LogP contribution in [0, 0.1) is 12.8 Å². The van der Waals surface area contributed by atoms with Gasteiger partial charge in [0.1, 0.15) is 5.82 Å². The summed E-state index contributed by atoms with van der Waals surface area (Å²) in [4.78, 5) is 30.7. The average Bonchev–Trinajstić information content (AvgIpc) is 3.02. The van der Waals surface area contributed by atoms with E-state index in [1.165, 1.54) is 0 Å². The number of nitrogens with zero attached hydrogens (tertiary/aromatic N) is 6. The van der Waals surface area contributed by atoms with Gasteiger partial charge in [-0.3, -0.25) is 4.79 Å². The van der Waals surface area contributed by atoms with Gasteiger partial charge in [-0.1, -0.05) is 0 Å². The Morgan fingerprint density at radius 1 is 1.26 bits per heavy atom. The number of pyridine rings is 1. The standard InChI is InChI=1S/C18H21N7O2/c1-10-3-4-13(16(26)27)9-24(10)18-22-15(21-17(19)23-18)12-5-6-14-7-20-11(2)25(14)8-12/h5-8,10,13H,3-4,9H2,1-2H3,(H,26,27)(H2,19,21,22,23). The third kappa shape index (κ3) is 3.16. The Morgan fingerprint density at radius 3 is 2.85 bits per heavy atom. The summed E-state index contributed by atoms with van der Waals surface area (Å²) in [5, 5.41) is 9.37. The lowest BCUT2D eigenvalue weighted by atomic mass is 9.94.